The molecule has 0 saturated carbocycles. The summed E-state index contributed by atoms with van der Waals surface area (Å²) in [6, 6.07) is 15.7. The van der Waals surface area contributed by atoms with E-state index in [1.807, 2.05) is 42.5 Å². The molecule has 1 atom stereocenters. The lowest BCUT2D eigenvalue weighted by Gasteiger charge is -2.15. The number of nitrogens with one attached hydrogen (secondary N) is 1. The maximum absolute atomic E-state index is 8.79. The van der Waals surface area contributed by atoms with Gasteiger partial charge in [0.25, 0.3) is 0 Å². The van der Waals surface area contributed by atoms with E-state index in [-0.39, 0.29) is 6.04 Å². The van der Waals surface area contributed by atoms with E-state index in [4.69, 9.17) is 16.9 Å². The van der Waals surface area contributed by atoms with E-state index in [2.05, 4.69) is 34.2 Å². The molecule has 2 aromatic rings. The summed E-state index contributed by atoms with van der Waals surface area (Å²) < 4.78 is 1.04. The summed E-state index contributed by atoms with van der Waals surface area (Å²) >= 11 is 9.52. The van der Waals surface area contributed by atoms with Crippen molar-refractivity contribution in [3.05, 3.63) is 68.7 Å². The number of hydrogen-bond donors (Lipinski definition) is 1. The van der Waals surface area contributed by atoms with E-state index in [0.717, 1.165) is 27.2 Å². The van der Waals surface area contributed by atoms with Crippen LogP contribution >= 0.6 is 27.5 Å². The molecule has 0 heterocycles. The van der Waals surface area contributed by atoms with Crippen LogP contribution in [0, 0.1) is 11.3 Å². The molecule has 1 unspecified atom stereocenters. The van der Waals surface area contributed by atoms with Gasteiger partial charge in [0.1, 0.15) is 0 Å². The number of halogens is 2. The zero-order chi connectivity index (χ0) is 14.5. The molecule has 0 aliphatic rings. The molecule has 2 rings (SSSR count). The van der Waals surface area contributed by atoms with E-state index >= 15 is 0 Å². The predicted octanol–water partition coefficient (Wildman–Crippen LogP) is 4.82. The van der Waals surface area contributed by atoms with Crippen molar-refractivity contribution in [3.63, 3.8) is 0 Å². The molecule has 2 aromatic carbocycles. The molecular formula is C16H14BrClN2. The minimum absolute atomic E-state index is 0.202. The molecule has 0 saturated heterocycles. The van der Waals surface area contributed by atoms with Gasteiger partial charge in [-0.3, -0.25) is 0 Å². The summed E-state index contributed by atoms with van der Waals surface area (Å²) in [5.74, 6) is 0. The van der Waals surface area contributed by atoms with E-state index in [9.17, 15) is 0 Å². The lowest BCUT2D eigenvalue weighted by Crippen LogP contribution is -2.18. The molecule has 0 aliphatic carbocycles. The standard InChI is InChI=1S/C16H14BrClN2/c1-11(13-4-2-12(9-19)3-5-13)20-10-14-8-15(18)6-7-16(14)17/h2-8,11,20H,10H2,1H3. The zero-order valence-corrected chi connectivity index (χ0v) is 13.4. The third kappa shape index (κ3) is 3.83. The lowest BCUT2D eigenvalue weighted by atomic mass is 10.1. The second-order valence-corrected chi connectivity index (χ2v) is 5.86. The van der Waals surface area contributed by atoms with E-state index < -0.39 is 0 Å². The first-order chi connectivity index (χ1) is 9.60. The highest BCUT2D eigenvalue weighted by Gasteiger charge is 2.07. The van der Waals surface area contributed by atoms with Gasteiger partial charge >= 0.3 is 0 Å². The van der Waals surface area contributed by atoms with Crippen LogP contribution in [0.3, 0.4) is 0 Å². The lowest BCUT2D eigenvalue weighted by molar-refractivity contribution is 0.574. The van der Waals surface area contributed by atoms with Crippen molar-refractivity contribution in [3.8, 4) is 6.07 Å². The van der Waals surface area contributed by atoms with Crippen molar-refractivity contribution in [1.29, 1.82) is 5.26 Å². The third-order valence-corrected chi connectivity index (χ3v) is 4.15. The molecule has 0 aromatic heterocycles. The molecule has 2 nitrogen and oxygen atoms in total. The SMILES string of the molecule is CC(NCc1cc(Cl)ccc1Br)c1ccc(C#N)cc1. The van der Waals surface area contributed by atoms with Gasteiger partial charge in [-0.2, -0.15) is 5.26 Å². The molecule has 0 aliphatic heterocycles. The van der Waals surface area contributed by atoms with Crippen LogP contribution in [0.15, 0.2) is 46.9 Å². The smallest absolute Gasteiger partial charge is 0.0991 e. The summed E-state index contributed by atoms with van der Waals surface area (Å²) in [4.78, 5) is 0. The average Bonchev–Trinajstić information content (AvgIpc) is 2.48. The Morgan fingerprint density at radius 2 is 1.95 bits per heavy atom. The Morgan fingerprint density at radius 1 is 1.25 bits per heavy atom. The summed E-state index contributed by atoms with van der Waals surface area (Å²) in [5.41, 5.74) is 2.96. The van der Waals surface area contributed by atoms with Crippen molar-refractivity contribution in [1.82, 2.24) is 5.32 Å². The van der Waals surface area contributed by atoms with Crippen LogP contribution in [-0.2, 0) is 6.54 Å². The molecule has 0 bridgehead atoms. The molecule has 0 spiro atoms. The van der Waals surface area contributed by atoms with Crippen molar-refractivity contribution in [2.45, 2.75) is 19.5 Å². The van der Waals surface area contributed by atoms with Crippen molar-refractivity contribution < 1.29 is 0 Å². The van der Waals surface area contributed by atoms with Gasteiger partial charge in [-0.1, -0.05) is 39.7 Å². The Kier molecular flexibility index (Phi) is 5.19. The number of nitrogens with zero attached hydrogens (tertiary/aromatic N) is 1. The Bertz CT molecular complexity index is 632. The Hall–Kier alpha value is -1.34. The molecule has 4 heteroatoms. The third-order valence-electron chi connectivity index (χ3n) is 3.15. The molecule has 102 valence electrons. The molecular weight excluding hydrogens is 336 g/mol. The normalized spacial score (nSPS) is 11.9. The first-order valence-corrected chi connectivity index (χ1v) is 7.44. The number of hydrogen-bond acceptors (Lipinski definition) is 2. The molecule has 0 fully saturated rings. The summed E-state index contributed by atoms with van der Waals surface area (Å²) in [7, 11) is 0. The van der Waals surface area contributed by atoms with Crippen molar-refractivity contribution in [2.24, 2.45) is 0 Å². The molecule has 0 amide bonds. The van der Waals surface area contributed by atoms with Gasteiger partial charge in [0.15, 0.2) is 0 Å². The quantitative estimate of drug-likeness (QED) is 0.858. The highest BCUT2D eigenvalue weighted by Crippen LogP contribution is 2.22. The van der Waals surface area contributed by atoms with Crippen LogP contribution in [-0.4, -0.2) is 0 Å². The second-order valence-electron chi connectivity index (χ2n) is 4.57. The fraction of sp³-hybridized carbons (Fsp3) is 0.188. The summed E-state index contributed by atoms with van der Waals surface area (Å²) in [6.45, 7) is 2.82. The Morgan fingerprint density at radius 3 is 2.60 bits per heavy atom. The highest BCUT2D eigenvalue weighted by atomic mass is 79.9. The molecule has 0 radical (unpaired) electrons. The van der Waals surface area contributed by atoms with Crippen LogP contribution in [0.25, 0.3) is 0 Å². The molecule has 20 heavy (non-hydrogen) atoms. The number of rotatable bonds is 4. The van der Waals surface area contributed by atoms with Gasteiger partial charge in [0.2, 0.25) is 0 Å². The van der Waals surface area contributed by atoms with E-state index in [1.165, 1.54) is 0 Å². The van der Waals surface area contributed by atoms with Gasteiger partial charge < -0.3 is 5.32 Å². The van der Waals surface area contributed by atoms with Crippen LogP contribution in [0.1, 0.15) is 29.7 Å². The Labute approximate surface area is 132 Å². The van der Waals surface area contributed by atoms with Crippen molar-refractivity contribution in [2.75, 3.05) is 0 Å². The van der Waals surface area contributed by atoms with Gasteiger partial charge in [0.05, 0.1) is 11.6 Å². The van der Waals surface area contributed by atoms with Crippen LogP contribution < -0.4 is 5.32 Å². The first kappa shape index (κ1) is 15.1. The first-order valence-electron chi connectivity index (χ1n) is 6.27. The molecule has 1 N–H and O–H groups in total. The predicted molar refractivity (Wildman–Crippen MR) is 85.6 cm³/mol. The highest BCUT2D eigenvalue weighted by molar-refractivity contribution is 9.10. The topological polar surface area (TPSA) is 35.8 Å². The van der Waals surface area contributed by atoms with Gasteiger partial charge in [-0.05, 0) is 48.4 Å². The second kappa shape index (κ2) is 6.90. The Balaban J connectivity index is 2.02. The fourth-order valence-corrected chi connectivity index (χ4v) is 2.49. The van der Waals surface area contributed by atoms with Crippen LogP contribution in [0.4, 0.5) is 0 Å². The summed E-state index contributed by atoms with van der Waals surface area (Å²) in [6.07, 6.45) is 0. The minimum Gasteiger partial charge on any atom is -0.306 e. The maximum atomic E-state index is 8.79. The minimum atomic E-state index is 0.202. The van der Waals surface area contributed by atoms with Gasteiger partial charge in [-0.15, -0.1) is 0 Å². The van der Waals surface area contributed by atoms with Crippen LogP contribution in [0.5, 0.6) is 0 Å². The van der Waals surface area contributed by atoms with E-state index in [1.54, 1.807) is 0 Å². The van der Waals surface area contributed by atoms with Crippen LogP contribution in [0.2, 0.25) is 5.02 Å². The summed E-state index contributed by atoms with van der Waals surface area (Å²) in [5, 5.41) is 13.0. The number of nitriles is 1. The largest absolute Gasteiger partial charge is 0.306 e. The van der Waals surface area contributed by atoms with Gasteiger partial charge in [-0.25, -0.2) is 0 Å². The van der Waals surface area contributed by atoms with Crippen molar-refractivity contribution >= 4 is 27.5 Å². The zero-order valence-electron chi connectivity index (χ0n) is 11.0. The average molecular weight is 350 g/mol. The van der Waals surface area contributed by atoms with Gasteiger partial charge in [0, 0.05) is 22.1 Å². The van der Waals surface area contributed by atoms with E-state index in [0.29, 0.717) is 5.56 Å². The maximum Gasteiger partial charge on any atom is 0.0991 e. The fourth-order valence-electron chi connectivity index (χ4n) is 1.91. The number of benzene rings is 2. The monoisotopic (exact) mass is 348 g/mol.